The lowest BCUT2D eigenvalue weighted by Gasteiger charge is -2.32. The number of hydrogen-bond donors (Lipinski definition) is 1. The Morgan fingerprint density at radius 1 is 0.878 bits per heavy atom. The average molecular weight is 667 g/mol. The van der Waals surface area contributed by atoms with Gasteiger partial charge in [-0.2, -0.15) is 8.42 Å². The van der Waals surface area contributed by atoms with Crippen LogP contribution in [0.5, 0.6) is 5.75 Å². The van der Waals surface area contributed by atoms with Gasteiger partial charge in [-0.1, -0.05) is 97.9 Å². The average Bonchev–Trinajstić information content (AvgIpc) is 3.78. The van der Waals surface area contributed by atoms with Gasteiger partial charge in [0.2, 0.25) is 0 Å². The quantitative estimate of drug-likeness (QED) is 0.208. The Hall–Kier alpha value is -4.19. The van der Waals surface area contributed by atoms with Crippen LogP contribution in [0.25, 0.3) is 5.57 Å². The molecule has 49 heavy (non-hydrogen) atoms. The lowest BCUT2D eigenvalue weighted by atomic mass is 9.75. The molecule has 1 N–H and O–H groups in total. The van der Waals surface area contributed by atoms with Crippen molar-refractivity contribution < 1.29 is 17.7 Å². The van der Waals surface area contributed by atoms with Crippen molar-refractivity contribution in [1.29, 1.82) is 0 Å². The summed E-state index contributed by atoms with van der Waals surface area (Å²) in [5, 5.41) is 0. The molecule has 4 unspecified atom stereocenters. The van der Waals surface area contributed by atoms with Gasteiger partial charge < -0.3 is 4.74 Å². The first-order valence-corrected chi connectivity index (χ1v) is 19.4. The summed E-state index contributed by atoms with van der Waals surface area (Å²) >= 11 is 0. The van der Waals surface area contributed by atoms with Gasteiger partial charge in [0.15, 0.2) is 0 Å². The molecular formula is C44H42O4S. The molecular weight excluding hydrogens is 625 g/mol. The molecule has 9 rings (SSSR count). The third-order valence-corrected chi connectivity index (χ3v) is 13.2. The number of hydrogen-bond acceptors (Lipinski definition) is 3. The van der Waals surface area contributed by atoms with E-state index < -0.39 is 10.1 Å². The molecule has 1 spiro atoms. The highest BCUT2D eigenvalue weighted by Gasteiger charge is 2.53. The maximum Gasteiger partial charge on any atom is 0.295 e. The Balaban J connectivity index is 1.09. The molecule has 4 aromatic rings. The summed E-state index contributed by atoms with van der Waals surface area (Å²) in [6, 6.07) is 31.0. The van der Waals surface area contributed by atoms with Crippen molar-refractivity contribution in [2.75, 3.05) is 0 Å². The van der Waals surface area contributed by atoms with Crippen LogP contribution >= 0.6 is 0 Å². The maximum atomic E-state index is 12.7. The molecule has 0 amide bonds. The van der Waals surface area contributed by atoms with Crippen LogP contribution in [0.3, 0.4) is 0 Å². The Kier molecular flexibility index (Phi) is 7.37. The molecule has 248 valence electrons. The van der Waals surface area contributed by atoms with Gasteiger partial charge in [-0.3, -0.25) is 4.55 Å². The minimum Gasteiger partial charge on any atom is -0.456 e. The number of fused-ring (bicyclic) bond motifs is 4. The fraction of sp³-hybridized carbons (Fsp3) is 0.318. The third kappa shape index (κ3) is 5.43. The lowest BCUT2D eigenvalue weighted by molar-refractivity contribution is 0.389. The molecule has 0 bridgehead atoms. The molecule has 0 radical (unpaired) electrons. The van der Waals surface area contributed by atoms with Crippen molar-refractivity contribution in [1.82, 2.24) is 0 Å². The predicted octanol–water partition coefficient (Wildman–Crippen LogP) is 10.0. The number of rotatable bonds is 6. The van der Waals surface area contributed by atoms with Gasteiger partial charge in [-0.25, -0.2) is 0 Å². The van der Waals surface area contributed by atoms with Crippen LogP contribution in [0.2, 0.25) is 0 Å². The molecule has 1 saturated carbocycles. The van der Waals surface area contributed by atoms with Crippen LogP contribution < -0.4 is 4.74 Å². The minimum atomic E-state index is -4.46. The van der Waals surface area contributed by atoms with Gasteiger partial charge in [-0.05, 0) is 121 Å². The molecule has 5 aliphatic rings. The van der Waals surface area contributed by atoms with E-state index in [2.05, 4.69) is 91.9 Å². The normalized spacial score (nSPS) is 25.8. The smallest absolute Gasteiger partial charge is 0.295 e. The minimum absolute atomic E-state index is 0.0587. The Morgan fingerprint density at radius 2 is 1.65 bits per heavy atom. The summed E-state index contributed by atoms with van der Waals surface area (Å²) in [6.07, 6.45) is 16.0. The zero-order chi connectivity index (χ0) is 33.3. The van der Waals surface area contributed by atoms with E-state index in [1.165, 1.54) is 53.1 Å². The van der Waals surface area contributed by atoms with Crippen LogP contribution in [0.15, 0.2) is 125 Å². The van der Waals surface area contributed by atoms with Crippen molar-refractivity contribution in [3.05, 3.63) is 159 Å². The van der Waals surface area contributed by atoms with Crippen LogP contribution in [-0.2, 0) is 29.4 Å². The number of ether oxygens (including phenoxy) is 1. The second kappa shape index (κ2) is 11.7. The Labute approximate surface area is 290 Å². The Bertz CT molecular complexity index is 2190. The van der Waals surface area contributed by atoms with Crippen LogP contribution in [0.1, 0.15) is 89.8 Å². The van der Waals surface area contributed by atoms with Gasteiger partial charge >= 0.3 is 0 Å². The first-order valence-electron chi connectivity index (χ1n) is 18.0. The monoisotopic (exact) mass is 666 g/mol. The van der Waals surface area contributed by atoms with Crippen molar-refractivity contribution >= 4 is 15.7 Å². The fourth-order valence-corrected chi connectivity index (χ4v) is 10.2. The predicted molar refractivity (Wildman–Crippen MR) is 194 cm³/mol. The second-order valence-electron chi connectivity index (χ2n) is 15.1. The van der Waals surface area contributed by atoms with Gasteiger partial charge in [0.25, 0.3) is 10.1 Å². The standard InChI is InChI=1S/C44H42O4S/c1-28(31-18-17-29-9-2-3-11-33(29)23-31)32-19-20-37-40(25-32)48-41-27-44(26-35(44)24-34-13-8-12-30-10-4-5-14-36(30)34)22-21-38(41)43(37)39-15-6-7-16-42(39)49(45,46)47/h2-7,9-11,14-16,19-22,25,27-28,31,34-35H,8,12-13,17-18,23-24,26H2,1H3,(H,45,46,47)/t28?,31-,34?,35?,44?/m1/s1. The molecule has 4 aliphatic carbocycles. The highest BCUT2D eigenvalue weighted by atomic mass is 32.2. The summed E-state index contributed by atoms with van der Waals surface area (Å²) < 4.78 is 42.5. The van der Waals surface area contributed by atoms with Gasteiger partial charge in [0, 0.05) is 27.7 Å². The summed E-state index contributed by atoms with van der Waals surface area (Å²) in [5.41, 5.74) is 10.1. The molecule has 4 aromatic carbocycles. The van der Waals surface area contributed by atoms with Crippen molar-refractivity contribution in [2.45, 2.75) is 75.0 Å². The highest BCUT2D eigenvalue weighted by Crippen LogP contribution is 2.62. The molecule has 1 aliphatic heterocycles. The summed E-state index contributed by atoms with van der Waals surface area (Å²) in [4.78, 5) is -0.0861. The van der Waals surface area contributed by atoms with Crippen LogP contribution in [-0.4, -0.2) is 13.0 Å². The largest absolute Gasteiger partial charge is 0.456 e. The van der Waals surface area contributed by atoms with Crippen molar-refractivity contribution in [3.63, 3.8) is 0 Å². The van der Waals surface area contributed by atoms with E-state index in [9.17, 15) is 13.0 Å². The Morgan fingerprint density at radius 3 is 2.51 bits per heavy atom. The molecule has 4 nitrogen and oxygen atoms in total. The second-order valence-corrected chi connectivity index (χ2v) is 16.4. The lowest BCUT2D eigenvalue weighted by Crippen LogP contribution is -2.20. The molecule has 1 fully saturated rings. The number of allylic oxidation sites excluding steroid dienone is 3. The highest BCUT2D eigenvalue weighted by molar-refractivity contribution is 7.86. The number of benzene rings is 4. The first kappa shape index (κ1) is 30.8. The SMILES string of the molecule is CC(c1ccc2c(c1)OC1=CC3(C=CC1=C2c1ccccc1S(=O)(=O)O)CC3CC1CCCc2ccccc21)[C@@H]1CCc2ccccc2C1. The molecule has 0 aromatic heterocycles. The maximum absolute atomic E-state index is 12.7. The summed E-state index contributed by atoms with van der Waals surface area (Å²) in [7, 11) is -4.46. The summed E-state index contributed by atoms with van der Waals surface area (Å²) in [5.74, 6) is 3.52. The van der Waals surface area contributed by atoms with E-state index in [-0.39, 0.29) is 10.3 Å². The number of aryl methyl sites for hydroxylation is 2. The molecule has 5 heteroatoms. The van der Waals surface area contributed by atoms with Crippen molar-refractivity contribution in [2.24, 2.45) is 17.3 Å². The van der Waals surface area contributed by atoms with E-state index in [1.54, 1.807) is 12.1 Å². The zero-order valence-electron chi connectivity index (χ0n) is 27.9. The van der Waals surface area contributed by atoms with Crippen LogP contribution in [0, 0.1) is 17.3 Å². The third-order valence-electron chi connectivity index (χ3n) is 12.3. The molecule has 0 saturated heterocycles. The van der Waals surface area contributed by atoms with E-state index >= 15 is 0 Å². The first-order chi connectivity index (χ1) is 23.8. The van der Waals surface area contributed by atoms with E-state index in [0.717, 1.165) is 60.3 Å². The topological polar surface area (TPSA) is 63.6 Å². The summed E-state index contributed by atoms with van der Waals surface area (Å²) in [6.45, 7) is 2.33. The van der Waals surface area contributed by atoms with E-state index in [4.69, 9.17) is 4.74 Å². The van der Waals surface area contributed by atoms with Gasteiger partial charge in [0.1, 0.15) is 16.4 Å². The van der Waals surface area contributed by atoms with Gasteiger partial charge in [-0.15, -0.1) is 0 Å². The molecule has 5 atom stereocenters. The van der Waals surface area contributed by atoms with Crippen LogP contribution in [0.4, 0.5) is 0 Å². The van der Waals surface area contributed by atoms with Gasteiger partial charge in [0.05, 0.1) is 0 Å². The fourth-order valence-electron chi connectivity index (χ4n) is 9.47. The van der Waals surface area contributed by atoms with E-state index in [1.807, 2.05) is 6.07 Å². The molecule has 1 heterocycles. The zero-order valence-corrected chi connectivity index (χ0v) is 28.8. The van der Waals surface area contributed by atoms with E-state index in [0.29, 0.717) is 29.2 Å². The van der Waals surface area contributed by atoms with Crippen molar-refractivity contribution in [3.8, 4) is 5.75 Å².